The van der Waals surface area contributed by atoms with Gasteiger partial charge in [0.2, 0.25) is 5.78 Å². The summed E-state index contributed by atoms with van der Waals surface area (Å²) in [6.07, 6.45) is 0. The summed E-state index contributed by atoms with van der Waals surface area (Å²) in [7, 11) is 0. The van der Waals surface area contributed by atoms with Gasteiger partial charge in [-0.1, -0.05) is 18.2 Å². The van der Waals surface area contributed by atoms with Crippen LogP contribution in [0.25, 0.3) is 0 Å². The van der Waals surface area contributed by atoms with Crippen molar-refractivity contribution < 1.29 is 24.0 Å². The molecule has 136 valence electrons. The summed E-state index contributed by atoms with van der Waals surface area (Å²) in [5, 5.41) is 10.9. The zero-order chi connectivity index (χ0) is 19.3. The monoisotopic (exact) mass is 357 g/mol. The average Bonchev–Trinajstić information content (AvgIpc) is 2.61. The first-order chi connectivity index (χ1) is 12.3. The van der Waals surface area contributed by atoms with Crippen LogP contribution in [-0.4, -0.2) is 29.9 Å². The standard InChI is InChI=1S/C19H19NO6/c1-12-8-14(3)15(9-13(12)2)17(21)10-26-19(22)11-25-18-7-5-4-6-16(18)20(23)24/h4-9H,10-11H2,1-3H3. The maximum absolute atomic E-state index is 12.2. The van der Waals surface area contributed by atoms with Gasteiger partial charge in [-0.25, -0.2) is 4.79 Å². The number of esters is 1. The number of carbonyl (C=O) groups excluding carboxylic acids is 2. The molecule has 2 rings (SSSR count). The Hall–Kier alpha value is -3.22. The van der Waals surface area contributed by atoms with Gasteiger partial charge < -0.3 is 9.47 Å². The van der Waals surface area contributed by atoms with Crippen LogP contribution in [0.1, 0.15) is 27.0 Å². The van der Waals surface area contributed by atoms with Gasteiger partial charge in [-0.15, -0.1) is 0 Å². The Balaban J connectivity index is 1.92. The van der Waals surface area contributed by atoms with E-state index in [0.717, 1.165) is 16.7 Å². The normalized spacial score (nSPS) is 10.3. The number of hydrogen-bond acceptors (Lipinski definition) is 6. The van der Waals surface area contributed by atoms with E-state index in [1.165, 1.54) is 18.2 Å². The van der Waals surface area contributed by atoms with E-state index < -0.39 is 24.1 Å². The van der Waals surface area contributed by atoms with Gasteiger partial charge in [0.05, 0.1) is 4.92 Å². The van der Waals surface area contributed by atoms with Crippen molar-refractivity contribution in [2.24, 2.45) is 0 Å². The third-order valence-electron chi connectivity index (χ3n) is 3.91. The van der Waals surface area contributed by atoms with Crippen molar-refractivity contribution in [1.29, 1.82) is 0 Å². The van der Waals surface area contributed by atoms with Gasteiger partial charge in [0.15, 0.2) is 19.0 Å². The molecule has 0 heterocycles. The molecule has 7 heteroatoms. The average molecular weight is 357 g/mol. The molecule has 0 spiro atoms. The summed E-state index contributed by atoms with van der Waals surface area (Å²) in [5.74, 6) is -1.13. The Bertz CT molecular complexity index is 859. The van der Waals surface area contributed by atoms with Crippen LogP contribution >= 0.6 is 0 Å². The number of hydrogen-bond donors (Lipinski definition) is 0. The van der Waals surface area contributed by atoms with Crippen LogP contribution in [0.3, 0.4) is 0 Å². The predicted octanol–water partition coefficient (Wildman–Crippen LogP) is 3.32. The van der Waals surface area contributed by atoms with Gasteiger partial charge in [-0.3, -0.25) is 14.9 Å². The number of para-hydroxylation sites is 2. The Morgan fingerprint density at radius 3 is 2.35 bits per heavy atom. The van der Waals surface area contributed by atoms with Crippen LogP contribution in [0.4, 0.5) is 5.69 Å². The third-order valence-corrected chi connectivity index (χ3v) is 3.91. The molecule has 0 amide bonds. The van der Waals surface area contributed by atoms with Crippen LogP contribution in [-0.2, 0) is 9.53 Å². The number of ether oxygens (including phenoxy) is 2. The first kappa shape index (κ1) is 19.1. The van der Waals surface area contributed by atoms with Crippen molar-refractivity contribution in [1.82, 2.24) is 0 Å². The highest BCUT2D eigenvalue weighted by molar-refractivity contribution is 5.99. The minimum Gasteiger partial charge on any atom is -0.475 e. The Morgan fingerprint density at radius 1 is 1.00 bits per heavy atom. The number of Topliss-reactive ketones (excluding diaryl/α,β-unsaturated/α-hetero) is 1. The van der Waals surface area contributed by atoms with E-state index in [9.17, 15) is 19.7 Å². The van der Waals surface area contributed by atoms with Crippen molar-refractivity contribution >= 4 is 17.4 Å². The number of aryl methyl sites for hydroxylation is 3. The Morgan fingerprint density at radius 2 is 1.65 bits per heavy atom. The smallest absolute Gasteiger partial charge is 0.344 e. The summed E-state index contributed by atoms with van der Waals surface area (Å²) >= 11 is 0. The van der Waals surface area contributed by atoms with Gasteiger partial charge in [-0.2, -0.15) is 0 Å². The molecule has 2 aromatic rings. The molecule has 0 saturated carbocycles. The molecule has 2 aromatic carbocycles. The summed E-state index contributed by atoms with van der Waals surface area (Å²) in [6.45, 7) is 4.74. The number of rotatable bonds is 7. The number of ketones is 1. The number of benzene rings is 2. The maximum Gasteiger partial charge on any atom is 0.344 e. The highest BCUT2D eigenvalue weighted by atomic mass is 16.6. The first-order valence-electron chi connectivity index (χ1n) is 7.92. The molecule has 0 N–H and O–H groups in total. The number of nitro groups is 1. The maximum atomic E-state index is 12.2. The number of nitrogens with zero attached hydrogens (tertiary/aromatic N) is 1. The van der Waals surface area contributed by atoms with E-state index in [-0.39, 0.29) is 17.2 Å². The van der Waals surface area contributed by atoms with Gasteiger partial charge in [-0.05, 0) is 49.6 Å². The second kappa shape index (κ2) is 8.24. The van der Waals surface area contributed by atoms with Gasteiger partial charge in [0, 0.05) is 11.6 Å². The molecule has 0 aliphatic carbocycles. The van der Waals surface area contributed by atoms with Crippen LogP contribution in [0, 0.1) is 30.9 Å². The van der Waals surface area contributed by atoms with E-state index in [1.54, 1.807) is 12.1 Å². The van der Waals surface area contributed by atoms with Gasteiger partial charge in [0.25, 0.3) is 0 Å². The molecule has 0 atom stereocenters. The zero-order valence-electron chi connectivity index (χ0n) is 14.8. The number of nitro benzene ring substituents is 1. The second-order valence-corrected chi connectivity index (χ2v) is 5.85. The van der Waals surface area contributed by atoms with Crippen molar-refractivity contribution in [3.63, 3.8) is 0 Å². The van der Waals surface area contributed by atoms with E-state index in [2.05, 4.69) is 0 Å². The van der Waals surface area contributed by atoms with Crippen molar-refractivity contribution in [2.75, 3.05) is 13.2 Å². The highest BCUT2D eigenvalue weighted by Crippen LogP contribution is 2.25. The molecule has 7 nitrogen and oxygen atoms in total. The third kappa shape index (κ3) is 4.66. The molecule has 0 bridgehead atoms. The largest absolute Gasteiger partial charge is 0.475 e. The lowest BCUT2D eigenvalue weighted by molar-refractivity contribution is -0.385. The molecule has 0 aromatic heterocycles. The first-order valence-corrected chi connectivity index (χ1v) is 7.92. The van der Waals surface area contributed by atoms with Crippen LogP contribution < -0.4 is 4.74 Å². The fourth-order valence-electron chi connectivity index (χ4n) is 2.39. The van der Waals surface area contributed by atoms with E-state index in [0.29, 0.717) is 5.56 Å². The summed E-state index contributed by atoms with van der Waals surface area (Å²) in [4.78, 5) is 34.3. The van der Waals surface area contributed by atoms with Crippen molar-refractivity contribution in [2.45, 2.75) is 20.8 Å². The summed E-state index contributed by atoms with van der Waals surface area (Å²) < 4.78 is 10.1. The fourth-order valence-corrected chi connectivity index (χ4v) is 2.39. The molecule has 26 heavy (non-hydrogen) atoms. The SMILES string of the molecule is Cc1cc(C)c(C(=O)COC(=O)COc2ccccc2[N+](=O)[O-])cc1C. The summed E-state index contributed by atoms with van der Waals surface area (Å²) in [5.41, 5.74) is 3.12. The Labute approximate surface area is 150 Å². The molecule has 0 radical (unpaired) electrons. The highest BCUT2D eigenvalue weighted by Gasteiger charge is 2.17. The molecule has 0 aliphatic rings. The topological polar surface area (TPSA) is 95.7 Å². The fraction of sp³-hybridized carbons (Fsp3) is 0.263. The predicted molar refractivity (Wildman–Crippen MR) is 94.5 cm³/mol. The lowest BCUT2D eigenvalue weighted by Crippen LogP contribution is -2.20. The molecule has 0 fully saturated rings. The van der Waals surface area contributed by atoms with Crippen LogP contribution in [0.2, 0.25) is 0 Å². The van der Waals surface area contributed by atoms with Gasteiger partial charge >= 0.3 is 11.7 Å². The van der Waals surface area contributed by atoms with Crippen LogP contribution in [0.5, 0.6) is 5.75 Å². The number of carbonyl (C=O) groups is 2. The van der Waals surface area contributed by atoms with Crippen molar-refractivity contribution in [3.8, 4) is 5.75 Å². The quantitative estimate of drug-likeness (QED) is 0.326. The lowest BCUT2D eigenvalue weighted by atomic mass is 9.98. The van der Waals surface area contributed by atoms with E-state index in [1.807, 2.05) is 26.8 Å². The van der Waals surface area contributed by atoms with E-state index >= 15 is 0 Å². The minimum absolute atomic E-state index is 0.0363. The van der Waals surface area contributed by atoms with Crippen molar-refractivity contribution in [3.05, 3.63) is 68.8 Å². The lowest BCUT2D eigenvalue weighted by Gasteiger charge is -2.10. The van der Waals surface area contributed by atoms with Crippen LogP contribution in [0.15, 0.2) is 36.4 Å². The zero-order valence-corrected chi connectivity index (χ0v) is 14.8. The summed E-state index contributed by atoms with van der Waals surface area (Å²) in [6, 6.07) is 9.38. The second-order valence-electron chi connectivity index (χ2n) is 5.85. The molecule has 0 aliphatic heterocycles. The minimum atomic E-state index is -0.780. The molecule has 0 unspecified atom stereocenters. The Kier molecular flexibility index (Phi) is 6.06. The molecule has 0 saturated heterocycles. The van der Waals surface area contributed by atoms with E-state index in [4.69, 9.17) is 9.47 Å². The molecular formula is C19H19NO6. The van der Waals surface area contributed by atoms with Gasteiger partial charge in [0.1, 0.15) is 0 Å². The molecular weight excluding hydrogens is 338 g/mol.